The van der Waals surface area contributed by atoms with Crippen LogP contribution in [0.25, 0.3) is 10.8 Å². The predicted octanol–water partition coefficient (Wildman–Crippen LogP) is 3.27. The first-order valence-corrected chi connectivity index (χ1v) is 20.5. The van der Waals surface area contributed by atoms with Crippen LogP contribution in [0.15, 0.2) is 36.5 Å². The normalized spacial score (nSPS) is 30.4. The maximum absolute atomic E-state index is 14.6. The molecule has 3 fully saturated rings. The van der Waals surface area contributed by atoms with Gasteiger partial charge in [0.05, 0.1) is 18.8 Å². The van der Waals surface area contributed by atoms with Crippen LogP contribution in [0, 0.1) is 17.8 Å². The number of sulfonamides is 1. The number of pyridine rings is 1. The number of carbonyl (C=O) groups is 4. The first-order chi connectivity index (χ1) is 26.2. The molecule has 4 heterocycles. The molecule has 3 aliphatic heterocycles. The van der Waals surface area contributed by atoms with Gasteiger partial charge in [-0.2, -0.15) is 0 Å². The number of allylic oxidation sites excluding steroid dienone is 1. The van der Waals surface area contributed by atoms with Crippen LogP contribution >= 0.6 is 0 Å². The summed E-state index contributed by atoms with van der Waals surface area (Å²) in [6.07, 6.45) is 5.68. The summed E-state index contributed by atoms with van der Waals surface area (Å²) in [4.78, 5) is 62.9. The second-order valence-electron chi connectivity index (χ2n) is 15.8. The molecule has 2 aromatic rings. The van der Waals surface area contributed by atoms with E-state index in [2.05, 4.69) is 25.2 Å². The number of aromatic nitrogens is 1. The molecule has 298 valence electrons. The number of rotatable bonds is 8. The van der Waals surface area contributed by atoms with Crippen molar-refractivity contribution < 1.29 is 46.6 Å². The molecule has 4 N–H and O–H groups in total. The zero-order chi connectivity index (χ0) is 39.3. The molecule has 7 atom stereocenters. The molecule has 2 aliphatic carbocycles. The number of hydrogen-bond donors (Lipinski definition) is 4. The number of halogens is 1. The van der Waals surface area contributed by atoms with Crippen molar-refractivity contribution in [3.05, 3.63) is 36.5 Å². The largest absolute Gasteiger partial charge is 0.489 e. The number of anilines is 1. The summed E-state index contributed by atoms with van der Waals surface area (Å²) in [6.45, 7) is 3.91. The Balaban J connectivity index is 1.23. The summed E-state index contributed by atoms with van der Waals surface area (Å²) >= 11 is 0. The quantitative estimate of drug-likeness (QED) is 0.287. The van der Waals surface area contributed by atoms with Crippen LogP contribution in [0.1, 0.15) is 65.2 Å². The zero-order valence-electron chi connectivity index (χ0n) is 31.3. The maximum atomic E-state index is 14.6. The second-order valence-corrected chi connectivity index (χ2v) is 17.9. The van der Waals surface area contributed by atoms with Crippen molar-refractivity contribution in [3.8, 4) is 11.6 Å². The Hall–Kier alpha value is -4.67. The van der Waals surface area contributed by atoms with Crippen molar-refractivity contribution in [2.75, 3.05) is 38.3 Å². The maximum Gasteiger partial charge on any atom is 0.405 e. The number of fused-ring (bicyclic) bond motifs is 5. The number of ether oxygens (including phenoxy) is 2. The van der Waals surface area contributed by atoms with Gasteiger partial charge in [0.1, 0.15) is 41.8 Å². The Kier molecular flexibility index (Phi) is 10.4. The Morgan fingerprint density at radius 1 is 1.18 bits per heavy atom. The highest BCUT2D eigenvalue weighted by molar-refractivity contribution is 7.91. The molecule has 5 aliphatic rings. The fourth-order valence-corrected chi connectivity index (χ4v) is 9.83. The average Bonchev–Trinajstić information content (AvgIpc) is 4.06. The fourth-order valence-electron chi connectivity index (χ4n) is 8.40. The molecule has 1 saturated heterocycles. The summed E-state index contributed by atoms with van der Waals surface area (Å²) in [5.41, 5.74) is -0.752. The minimum atomic E-state index is -4.39. The highest BCUT2D eigenvalue weighted by Gasteiger charge is 2.64. The topological polar surface area (TPSA) is 197 Å². The molecule has 55 heavy (non-hydrogen) atoms. The number of likely N-dealkylation sites (N-methyl/N-ethyl adjacent to an activating group) is 1. The summed E-state index contributed by atoms with van der Waals surface area (Å²) in [6, 6.07) is 3.22. The first kappa shape index (κ1) is 38.6. The molecule has 0 bridgehead atoms. The monoisotopic (exact) mass is 784 g/mol. The van der Waals surface area contributed by atoms with Crippen LogP contribution in [0.3, 0.4) is 0 Å². The van der Waals surface area contributed by atoms with Crippen molar-refractivity contribution in [2.45, 2.75) is 93.7 Å². The van der Waals surface area contributed by atoms with E-state index in [0.29, 0.717) is 43.4 Å². The van der Waals surface area contributed by atoms with Crippen molar-refractivity contribution >= 4 is 50.3 Å². The van der Waals surface area contributed by atoms with Gasteiger partial charge in [0.15, 0.2) is 5.75 Å². The summed E-state index contributed by atoms with van der Waals surface area (Å²) < 4.78 is 53.0. The van der Waals surface area contributed by atoms with Gasteiger partial charge in [0.2, 0.25) is 27.7 Å². The van der Waals surface area contributed by atoms with Crippen molar-refractivity contribution in [1.29, 1.82) is 0 Å². The number of alkyl halides is 1. The summed E-state index contributed by atoms with van der Waals surface area (Å²) in [7, 11) is -2.41. The number of benzene rings is 1. The van der Waals surface area contributed by atoms with E-state index >= 15 is 0 Å². The minimum Gasteiger partial charge on any atom is -0.489 e. The van der Waals surface area contributed by atoms with Crippen molar-refractivity contribution in [2.24, 2.45) is 17.8 Å². The lowest BCUT2D eigenvalue weighted by Crippen LogP contribution is -2.59. The molecular formula is C38H49FN6O9S. The number of nitrogens with one attached hydrogen (secondary N) is 3. The molecule has 2 saturated carbocycles. The van der Waals surface area contributed by atoms with Gasteiger partial charge in [-0.05, 0) is 68.6 Å². The Morgan fingerprint density at radius 2 is 1.96 bits per heavy atom. The van der Waals surface area contributed by atoms with E-state index in [-0.39, 0.29) is 49.9 Å². The fraction of sp³-hybridized carbons (Fsp3) is 0.605. The zero-order valence-corrected chi connectivity index (χ0v) is 32.1. The Morgan fingerprint density at radius 3 is 2.67 bits per heavy atom. The third-order valence-corrected chi connectivity index (χ3v) is 14.2. The lowest BCUT2D eigenvalue weighted by atomic mass is 9.85. The van der Waals surface area contributed by atoms with Gasteiger partial charge >= 0.3 is 6.09 Å². The van der Waals surface area contributed by atoms with E-state index in [1.54, 1.807) is 12.3 Å². The Labute approximate surface area is 319 Å². The highest BCUT2D eigenvalue weighted by Crippen LogP contribution is 2.48. The molecule has 7 rings (SSSR count). The summed E-state index contributed by atoms with van der Waals surface area (Å²) in [5.74, 6) is -2.20. The third-order valence-electron chi connectivity index (χ3n) is 12.1. The van der Waals surface area contributed by atoms with E-state index in [4.69, 9.17) is 9.47 Å². The number of carbonyl (C=O) groups excluding carboxylic acids is 3. The van der Waals surface area contributed by atoms with Gasteiger partial charge in [-0.3, -0.25) is 19.1 Å². The van der Waals surface area contributed by atoms with Gasteiger partial charge in [0, 0.05) is 36.4 Å². The number of amides is 4. The molecule has 4 amide bonds. The SMILES string of the molecule is CC[C@@H]1C[C@@H](C)CCC=C[C@@H]2C[C@@]2(C(=O)NS(=O)(=O)C2(CF)CC2)NC(=O)[C@@H]2C[C@@H](Oc3nccc4c5c(ccc34)N(C)CCO5)CN2C(=O)[C@H]1NC(=O)O. The smallest absolute Gasteiger partial charge is 0.405 e. The number of nitrogens with zero attached hydrogens (tertiary/aromatic N) is 3. The van der Waals surface area contributed by atoms with Crippen LogP contribution in [0.2, 0.25) is 0 Å². The molecule has 1 aromatic heterocycles. The lowest BCUT2D eigenvalue weighted by Gasteiger charge is -2.33. The van der Waals surface area contributed by atoms with Crippen LogP contribution in [0.4, 0.5) is 14.9 Å². The van der Waals surface area contributed by atoms with Crippen molar-refractivity contribution in [3.63, 3.8) is 0 Å². The van der Waals surface area contributed by atoms with Crippen molar-refractivity contribution in [1.82, 2.24) is 25.2 Å². The average molecular weight is 785 g/mol. The molecular weight excluding hydrogens is 736 g/mol. The van der Waals surface area contributed by atoms with Gasteiger partial charge in [-0.1, -0.05) is 32.4 Å². The lowest BCUT2D eigenvalue weighted by molar-refractivity contribution is -0.142. The van der Waals surface area contributed by atoms with Crippen LogP contribution < -0.4 is 29.7 Å². The van der Waals surface area contributed by atoms with Crippen LogP contribution in [-0.2, 0) is 24.4 Å². The van der Waals surface area contributed by atoms with Gasteiger partial charge in [-0.25, -0.2) is 22.6 Å². The molecule has 15 nitrogen and oxygen atoms in total. The highest BCUT2D eigenvalue weighted by atomic mass is 32.2. The van der Waals surface area contributed by atoms with Gasteiger partial charge < -0.3 is 35.0 Å². The molecule has 1 aromatic carbocycles. The Bertz CT molecular complexity index is 2010. The van der Waals surface area contributed by atoms with Gasteiger partial charge in [-0.15, -0.1) is 0 Å². The van der Waals surface area contributed by atoms with Gasteiger partial charge in [0.25, 0.3) is 5.91 Å². The minimum absolute atomic E-state index is 0.0335. The van der Waals surface area contributed by atoms with Crippen LogP contribution in [0.5, 0.6) is 11.6 Å². The van der Waals surface area contributed by atoms with E-state index in [1.807, 2.05) is 45.2 Å². The van der Waals surface area contributed by atoms with E-state index < -0.39 is 74.9 Å². The molecule has 0 unspecified atom stereocenters. The van der Waals surface area contributed by atoms with Crippen LogP contribution in [-0.4, -0.2) is 109 Å². The number of carboxylic acid groups (broad SMARTS) is 1. The molecule has 0 radical (unpaired) electrons. The number of hydrogen-bond acceptors (Lipinski definition) is 10. The van der Waals surface area contributed by atoms with E-state index in [1.165, 1.54) is 4.90 Å². The third kappa shape index (κ3) is 7.27. The van der Waals surface area contributed by atoms with E-state index in [0.717, 1.165) is 17.6 Å². The van der Waals surface area contributed by atoms with E-state index in [9.17, 15) is 37.1 Å². The first-order valence-electron chi connectivity index (χ1n) is 19.1. The molecule has 17 heteroatoms. The molecule has 0 spiro atoms. The summed E-state index contributed by atoms with van der Waals surface area (Å²) in [5, 5.41) is 16.6. The standard InChI is InChI=1S/C38H49FN6O9S/c1-4-23-17-22(2)7-5-6-8-24-19-38(24,35(48)43-55(51,52)37(21-39)12-13-37)42-32(46)29-18-25(20-45(29)34(47)30(23)41-36(49)50)54-33-27-9-10-28-31(26(27)11-14-40-33)53-16-15-44(28)3/h6,8-11,14,22-25,29-30,41H,4-5,7,12-13,15-21H2,1-3H3,(H,42,46)(H,43,48)(H,49,50)/t22-,23+,24+,25+,29-,30-,38+/m0/s1. The predicted molar refractivity (Wildman–Crippen MR) is 200 cm³/mol. The second kappa shape index (κ2) is 14.8.